The van der Waals surface area contributed by atoms with Gasteiger partial charge < -0.3 is 25.2 Å². The highest BCUT2D eigenvalue weighted by Crippen LogP contribution is 2.45. The molecule has 1 unspecified atom stereocenters. The van der Waals surface area contributed by atoms with Crippen LogP contribution < -0.4 is 20.1 Å². The van der Waals surface area contributed by atoms with Gasteiger partial charge in [0.2, 0.25) is 6.79 Å². The molecule has 0 saturated heterocycles. The number of nitrogens with one attached hydrogen (secondary N) is 2. The molecule has 146 valence electrons. The van der Waals surface area contributed by atoms with Crippen molar-refractivity contribution in [2.24, 2.45) is 5.92 Å². The van der Waals surface area contributed by atoms with E-state index in [1.165, 1.54) is 0 Å². The zero-order valence-corrected chi connectivity index (χ0v) is 15.3. The number of hydrogen-bond donors (Lipinski definition) is 3. The monoisotopic (exact) mass is 382 g/mol. The standard InChI is InChI=1S/C21H22N2O5/c24-19(22-11-14-6-9-17-18(10-14)28-13-27-17)20(25)23-12-21(26,16-7-8-16)15-4-2-1-3-5-15/h1-6,9-10,16,26H,7-8,11-13H2,(H,22,24)(H,23,25). The molecule has 2 amide bonds. The first-order valence-electron chi connectivity index (χ1n) is 9.29. The van der Waals surface area contributed by atoms with Crippen molar-refractivity contribution < 1.29 is 24.2 Å². The Morgan fingerprint density at radius 1 is 1.00 bits per heavy atom. The van der Waals surface area contributed by atoms with Gasteiger partial charge in [0.05, 0.1) is 6.54 Å². The fraction of sp³-hybridized carbons (Fsp3) is 0.333. The van der Waals surface area contributed by atoms with Crippen LogP contribution in [0.4, 0.5) is 0 Å². The molecule has 7 nitrogen and oxygen atoms in total. The van der Waals surface area contributed by atoms with Gasteiger partial charge in [0.15, 0.2) is 11.5 Å². The minimum Gasteiger partial charge on any atom is -0.454 e. The minimum atomic E-state index is -1.16. The Labute approximate surface area is 162 Å². The van der Waals surface area contributed by atoms with E-state index in [0.29, 0.717) is 11.5 Å². The summed E-state index contributed by atoms with van der Waals surface area (Å²) in [6.07, 6.45) is 1.80. The largest absolute Gasteiger partial charge is 0.454 e. The summed E-state index contributed by atoms with van der Waals surface area (Å²) in [5.41, 5.74) is 0.386. The Bertz CT molecular complexity index is 882. The van der Waals surface area contributed by atoms with Crippen LogP contribution in [0.5, 0.6) is 11.5 Å². The van der Waals surface area contributed by atoms with Gasteiger partial charge in [-0.05, 0) is 42.0 Å². The maximum atomic E-state index is 12.2. The Balaban J connectivity index is 1.32. The third kappa shape index (κ3) is 3.80. The number of hydrogen-bond acceptors (Lipinski definition) is 5. The molecule has 28 heavy (non-hydrogen) atoms. The number of carbonyl (C=O) groups is 2. The van der Waals surface area contributed by atoms with Crippen molar-refractivity contribution in [3.05, 3.63) is 59.7 Å². The second kappa shape index (κ2) is 7.52. The van der Waals surface area contributed by atoms with E-state index in [0.717, 1.165) is 24.0 Å². The van der Waals surface area contributed by atoms with Gasteiger partial charge in [0, 0.05) is 6.54 Å². The van der Waals surface area contributed by atoms with Crippen molar-refractivity contribution >= 4 is 11.8 Å². The van der Waals surface area contributed by atoms with Crippen LogP contribution in [0.15, 0.2) is 48.5 Å². The Morgan fingerprint density at radius 2 is 1.71 bits per heavy atom. The fourth-order valence-corrected chi connectivity index (χ4v) is 3.38. The topological polar surface area (TPSA) is 96.9 Å². The van der Waals surface area contributed by atoms with Gasteiger partial charge in [-0.25, -0.2) is 0 Å². The van der Waals surface area contributed by atoms with E-state index in [1.807, 2.05) is 30.3 Å². The number of aliphatic hydroxyl groups is 1. The van der Waals surface area contributed by atoms with E-state index in [1.54, 1.807) is 18.2 Å². The van der Waals surface area contributed by atoms with E-state index in [4.69, 9.17) is 9.47 Å². The van der Waals surface area contributed by atoms with E-state index in [9.17, 15) is 14.7 Å². The number of rotatable bonds is 6. The number of fused-ring (bicyclic) bond motifs is 1. The van der Waals surface area contributed by atoms with Gasteiger partial charge in [0.1, 0.15) is 5.60 Å². The zero-order chi connectivity index (χ0) is 19.6. The van der Waals surface area contributed by atoms with Crippen molar-refractivity contribution in [2.45, 2.75) is 25.0 Å². The summed E-state index contributed by atoms with van der Waals surface area (Å²) in [5.74, 6) is -0.145. The third-order valence-corrected chi connectivity index (χ3v) is 5.14. The van der Waals surface area contributed by atoms with Crippen LogP contribution >= 0.6 is 0 Å². The molecular weight excluding hydrogens is 360 g/mol. The summed E-state index contributed by atoms with van der Waals surface area (Å²) in [5, 5.41) is 16.2. The average Bonchev–Trinajstić information content (AvgIpc) is 3.49. The Kier molecular flexibility index (Phi) is 4.92. The molecule has 2 aromatic carbocycles. The molecule has 1 saturated carbocycles. The highest BCUT2D eigenvalue weighted by molar-refractivity contribution is 6.35. The third-order valence-electron chi connectivity index (χ3n) is 5.14. The quantitative estimate of drug-likeness (QED) is 0.657. The predicted octanol–water partition coefficient (Wildman–Crippen LogP) is 1.45. The first-order valence-corrected chi connectivity index (χ1v) is 9.29. The zero-order valence-electron chi connectivity index (χ0n) is 15.3. The Morgan fingerprint density at radius 3 is 2.46 bits per heavy atom. The van der Waals surface area contributed by atoms with Crippen molar-refractivity contribution in [3.63, 3.8) is 0 Å². The van der Waals surface area contributed by atoms with Crippen LogP contribution in [0, 0.1) is 5.92 Å². The molecule has 1 fully saturated rings. The lowest BCUT2D eigenvalue weighted by molar-refractivity contribution is -0.140. The van der Waals surface area contributed by atoms with Crippen molar-refractivity contribution in [1.29, 1.82) is 0 Å². The van der Waals surface area contributed by atoms with Crippen LogP contribution in [-0.4, -0.2) is 30.3 Å². The van der Waals surface area contributed by atoms with E-state index in [-0.39, 0.29) is 25.8 Å². The smallest absolute Gasteiger partial charge is 0.309 e. The molecule has 3 N–H and O–H groups in total. The van der Waals surface area contributed by atoms with E-state index in [2.05, 4.69) is 10.6 Å². The van der Waals surface area contributed by atoms with Gasteiger partial charge in [-0.2, -0.15) is 0 Å². The average molecular weight is 382 g/mol. The first kappa shape index (κ1) is 18.3. The van der Waals surface area contributed by atoms with E-state index < -0.39 is 17.4 Å². The van der Waals surface area contributed by atoms with Gasteiger partial charge in [-0.3, -0.25) is 9.59 Å². The summed E-state index contributed by atoms with van der Waals surface area (Å²) in [6, 6.07) is 14.6. The summed E-state index contributed by atoms with van der Waals surface area (Å²) in [6.45, 7) is 0.366. The van der Waals surface area contributed by atoms with Crippen LogP contribution in [0.3, 0.4) is 0 Å². The highest BCUT2D eigenvalue weighted by Gasteiger charge is 2.45. The first-order chi connectivity index (χ1) is 13.6. The number of ether oxygens (including phenoxy) is 2. The number of amides is 2. The molecule has 1 aliphatic carbocycles. The fourth-order valence-electron chi connectivity index (χ4n) is 3.38. The second-order valence-electron chi connectivity index (χ2n) is 7.12. The van der Waals surface area contributed by atoms with Crippen LogP contribution in [0.25, 0.3) is 0 Å². The van der Waals surface area contributed by atoms with Gasteiger partial charge in [-0.15, -0.1) is 0 Å². The molecule has 1 atom stereocenters. The normalized spacial score (nSPS) is 16.9. The number of benzene rings is 2. The molecule has 1 heterocycles. The molecule has 2 aliphatic rings. The summed E-state index contributed by atoms with van der Waals surface area (Å²) < 4.78 is 10.5. The summed E-state index contributed by atoms with van der Waals surface area (Å²) in [7, 11) is 0. The lowest BCUT2D eigenvalue weighted by Crippen LogP contribution is -2.47. The van der Waals surface area contributed by atoms with Crippen molar-refractivity contribution in [1.82, 2.24) is 10.6 Å². The number of carbonyl (C=O) groups excluding carboxylic acids is 2. The van der Waals surface area contributed by atoms with E-state index >= 15 is 0 Å². The highest BCUT2D eigenvalue weighted by atomic mass is 16.7. The van der Waals surface area contributed by atoms with Gasteiger partial charge in [0.25, 0.3) is 0 Å². The maximum absolute atomic E-state index is 12.2. The second-order valence-corrected chi connectivity index (χ2v) is 7.12. The Hall–Kier alpha value is -3.06. The molecule has 0 bridgehead atoms. The van der Waals surface area contributed by atoms with Gasteiger partial charge >= 0.3 is 11.8 Å². The summed E-state index contributed by atoms with van der Waals surface area (Å²) in [4.78, 5) is 24.3. The minimum absolute atomic E-state index is 0.00203. The van der Waals surface area contributed by atoms with Crippen LogP contribution in [0.2, 0.25) is 0 Å². The lowest BCUT2D eigenvalue weighted by Gasteiger charge is -2.29. The molecule has 0 radical (unpaired) electrons. The molecule has 4 rings (SSSR count). The van der Waals surface area contributed by atoms with Crippen LogP contribution in [-0.2, 0) is 21.7 Å². The summed E-state index contributed by atoms with van der Waals surface area (Å²) >= 11 is 0. The van der Waals surface area contributed by atoms with Crippen LogP contribution in [0.1, 0.15) is 24.0 Å². The maximum Gasteiger partial charge on any atom is 0.309 e. The molecule has 2 aromatic rings. The predicted molar refractivity (Wildman–Crippen MR) is 100 cm³/mol. The van der Waals surface area contributed by atoms with Crippen molar-refractivity contribution in [3.8, 4) is 11.5 Å². The molecule has 0 spiro atoms. The molecule has 7 heteroatoms. The lowest BCUT2D eigenvalue weighted by atomic mass is 9.88. The van der Waals surface area contributed by atoms with Gasteiger partial charge in [-0.1, -0.05) is 36.4 Å². The molecular formula is C21H22N2O5. The molecule has 0 aromatic heterocycles. The van der Waals surface area contributed by atoms with Crippen molar-refractivity contribution in [2.75, 3.05) is 13.3 Å². The SMILES string of the molecule is O=C(NCc1ccc2c(c1)OCO2)C(=O)NCC(O)(c1ccccc1)C1CC1. The molecule has 1 aliphatic heterocycles.